The molecule has 0 aromatic rings. The molecule has 0 bridgehead atoms. The summed E-state index contributed by atoms with van der Waals surface area (Å²) in [4.78, 5) is 24.1. The monoisotopic (exact) mass is 342 g/mol. The molecule has 0 amide bonds. The summed E-state index contributed by atoms with van der Waals surface area (Å²) in [5.74, 6) is 1.75. The van der Waals surface area contributed by atoms with E-state index in [-0.39, 0.29) is 27.6 Å². The number of fused-ring (bicyclic) bond motifs is 5. The van der Waals surface area contributed by atoms with Crippen LogP contribution in [-0.2, 0) is 9.59 Å². The van der Waals surface area contributed by atoms with Crippen LogP contribution in [0.2, 0.25) is 0 Å². The molecule has 138 valence electrons. The van der Waals surface area contributed by atoms with Crippen LogP contribution in [-0.4, -0.2) is 12.1 Å². The van der Waals surface area contributed by atoms with Crippen molar-refractivity contribution >= 4 is 12.1 Å². The Bertz CT molecular complexity index is 659. The van der Waals surface area contributed by atoms with Crippen LogP contribution in [0.3, 0.4) is 0 Å². The lowest BCUT2D eigenvalue weighted by atomic mass is 9.38. The molecular formula is C23H34O2. The molecule has 25 heavy (non-hydrogen) atoms. The summed E-state index contributed by atoms with van der Waals surface area (Å²) >= 11 is 0. The van der Waals surface area contributed by atoms with Gasteiger partial charge in [0.2, 0.25) is 0 Å². The molecule has 3 fully saturated rings. The molecule has 0 aliphatic heterocycles. The molecule has 0 aromatic carbocycles. The van der Waals surface area contributed by atoms with E-state index < -0.39 is 0 Å². The van der Waals surface area contributed by atoms with Crippen molar-refractivity contribution in [2.24, 2.45) is 39.4 Å². The van der Waals surface area contributed by atoms with Gasteiger partial charge in [-0.3, -0.25) is 4.79 Å². The van der Waals surface area contributed by atoms with Crippen molar-refractivity contribution < 1.29 is 9.59 Å². The number of hydrogen-bond donors (Lipinski definition) is 0. The molecule has 0 radical (unpaired) electrons. The minimum absolute atomic E-state index is 0.119. The molecule has 2 nitrogen and oxygen atoms in total. The summed E-state index contributed by atoms with van der Waals surface area (Å²) in [6, 6.07) is 0. The predicted octanol–water partition coefficient (Wildman–Crippen LogP) is 5.36. The zero-order valence-electron chi connectivity index (χ0n) is 16.7. The average Bonchev–Trinajstić information content (AvgIpc) is 2.75. The lowest BCUT2D eigenvalue weighted by Gasteiger charge is -2.66. The number of hydrogen-bond acceptors (Lipinski definition) is 2. The Balaban J connectivity index is 1.83. The summed E-state index contributed by atoms with van der Waals surface area (Å²) in [5.41, 5.74) is 2.14. The molecule has 4 aliphatic rings. The molecule has 2 unspecified atom stereocenters. The lowest BCUT2D eigenvalue weighted by molar-refractivity contribution is -0.154. The summed E-state index contributed by atoms with van der Waals surface area (Å²) < 4.78 is 0. The van der Waals surface area contributed by atoms with Crippen LogP contribution in [0.15, 0.2) is 11.6 Å². The van der Waals surface area contributed by atoms with Crippen molar-refractivity contribution in [3.8, 4) is 0 Å². The van der Waals surface area contributed by atoms with Gasteiger partial charge in [0.05, 0.1) is 0 Å². The van der Waals surface area contributed by atoms with Gasteiger partial charge in [-0.05, 0) is 78.1 Å². The Hall–Kier alpha value is -0.920. The van der Waals surface area contributed by atoms with Gasteiger partial charge in [0, 0.05) is 12.3 Å². The molecule has 4 aliphatic carbocycles. The summed E-state index contributed by atoms with van der Waals surface area (Å²) in [6.45, 7) is 12.1. The largest absolute Gasteiger partial charge is 0.303 e. The average molecular weight is 343 g/mol. The van der Waals surface area contributed by atoms with Gasteiger partial charge < -0.3 is 4.79 Å². The Morgan fingerprint density at radius 3 is 2.40 bits per heavy atom. The van der Waals surface area contributed by atoms with E-state index in [1.165, 1.54) is 24.7 Å². The highest BCUT2D eigenvalue weighted by Gasteiger charge is 2.68. The first-order chi connectivity index (χ1) is 11.6. The fourth-order valence-corrected chi connectivity index (χ4v) is 8.28. The number of carbonyl (C=O) groups is 2. The smallest absolute Gasteiger partial charge is 0.155 e. The SMILES string of the molecule is CC1(C)C[C@H](C=O)[C@@]2(C)C1CC[C@]1(C)C2CCC2=CC(=O)CC[C@]21C. The van der Waals surface area contributed by atoms with Crippen LogP contribution in [0.25, 0.3) is 0 Å². The normalized spacial score (nSPS) is 51.2. The van der Waals surface area contributed by atoms with Crippen LogP contribution in [0.4, 0.5) is 0 Å². The quantitative estimate of drug-likeness (QED) is 0.601. The molecule has 0 saturated heterocycles. The summed E-state index contributed by atoms with van der Waals surface area (Å²) in [7, 11) is 0. The Morgan fingerprint density at radius 1 is 1.00 bits per heavy atom. The first-order valence-corrected chi connectivity index (χ1v) is 10.3. The predicted molar refractivity (Wildman–Crippen MR) is 100 cm³/mol. The summed E-state index contributed by atoms with van der Waals surface area (Å²) in [6.07, 6.45) is 10.7. The first kappa shape index (κ1) is 17.5. The molecule has 3 saturated carbocycles. The van der Waals surface area contributed by atoms with Crippen LogP contribution in [0.5, 0.6) is 0 Å². The maximum Gasteiger partial charge on any atom is 0.155 e. The number of ketones is 1. The molecule has 0 aromatic heterocycles. The van der Waals surface area contributed by atoms with Crippen LogP contribution in [0.1, 0.15) is 79.6 Å². The molecule has 4 rings (SSSR count). The fourth-order valence-electron chi connectivity index (χ4n) is 8.28. The van der Waals surface area contributed by atoms with Gasteiger partial charge in [0.25, 0.3) is 0 Å². The fraction of sp³-hybridized carbons (Fsp3) is 0.826. The van der Waals surface area contributed by atoms with Gasteiger partial charge in [-0.1, -0.05) is 40.2 Å². The standard InChI is InChI=1S/C23H34O2/c1-20(2)13-16(14-24)23(5)18(20)9-11-22(4)19(23)7-6-15-12-17(25)8-10-21(15,22)3/h12,14,16,18-19H,6-11,13H2,1-5H3/t16-,18?,19?,21-,22-,23+/m1/s1. The summed E-state index contributed by atoms with van der Waals surface area (Å²) in [5, 5.41) is 0. The highest BCUT2D eigenvalue weighted by atomic mass is 16.1. The van der Waals surface area contributed by atoms with E-state index in [9.17, 15) is 9.59 Å². The van der Waals surface area contributed by atoms with Crippen LogP contribution >= 0.6 is 0 Å². The maximum absolute atomic E-state index is 12.1. The van der Waals surface area contributed by atoms with Crippen molar-refractivity contribution in [2.75, 3.05) is 0 Å². The van der Waals surface area contributed by atoms with Gasteiger partial charge in [-0.15, -0.1) is 0 Å². The molecular weight excluding hydrogens is 308 g/mol. The minimum Gasteiger partial charge on any atom is -0.303 e. The lowest BCUT2D eigenvalue weighted by Crippen LogP contribution is -2.59. The first-order valence-electron chi connectivity index (χ1n) is 10.3. The van der Waals surface area contributed by atoms with Crippen molar-refractivity contribution in [3.05, 3.63) is 11.6 Å². The van der Waals surface area contributed by atoms with E-state index in [0.29, 0.717) is 24.0 Å². The Labute approximate surface area is 152 Å². The van der Waals surface area contributed by atoms with Crippen molar-refractivity contribution in [2.45, 2.75) is 79.6 Å². The number of rotatable bonds is 1. The third-order valence-corrected chi connectivity index (χ3v) is 9.75. The molecule has 0 N–H and O–H groups in total. The zero-order chi connectivity index (χ0) is 18.3. The van der Waals surface area contributed by atoms with Gasteiger partial charge in [0.1, 0.15) is 6.29 Å². The second kappa shape index (κ2) is 5.08. The minimum atomic E-state index is 0.119. The third-order valence-electron chi connectivity index (χ3n) is 9.75. The molecule has 6 atom stereocenters. The maximum atomic E-state index is 12.1. The van der Waals surface area contributed by atoms with Gasteiger partial charge >= 0.3 is 0 Å². The molecule has 0 spiro atoms. The number of aldehydes is 1. The molecule has 2 heteroatoms. The van der Waals surface area contributed by atoms with Gasteiger partial charge in [-0.25, -0.2) is 0 Å². The van der Waals surface area contributed by atoms with E-state index in [2.05, 4.69) is 34.6 Å². The Kier molecular flexibility index (Phi) is 3.55. The highest BCUT2D eigenvalue weighted by molar-refractivity contribution is 5.91. The topological polar surface area (TPSA) is 34.1 Å². The molecule has 0 heterocycles. The van der Waals surface area contributed by atoms with Gasteiger partial charge in [-0.2, -0.15) is 0 Å². The van der Waals surface area contributed by atoms with Crippen LogP contribution in [0, 0.1) is 39.4 Å². The van der Waals surface area contributed by atoms with Gasteiger partial charge in [0.15, 0.2) is 5.78 Å². The van der Waals surface area contributed by atoms with E-state index in [0.717, 1.165) is 25.7 Å². The van der Waals surface area contributed by atoms with Crippen molar-refractivity contribution in [1.29, 1.82) is 0 Å². The number of carbonyl (C=O) groups excluding carboxylic acids is 2. The van der Waals surface area contributed by atoms with E-state index in [4.69, 9.17) is 0 Å². The van der Waals surface area contributed by atoms with E-state index >= 15 is 0 Å². The zero-order valence-corrected chi connectivity index (χ0v) is 16.7. The Morgan fingerprint density at radius 2 is 1.72 bits per heavy atom. The van der Waals surface area contributed by atoms with E-state index in [1.807, 2.05) is 6.08 Å². The number of allylic oxidation sites excluding steroid dienone is 1. The van der Waals surface area contributed by atoms with Crippen molar-refractivity contribution in [1.82, 2.24) is 0 Å². The second-order valence-electron chi connectivity index (χ2n) is 10.9. The van der Waals surface area contributed by atoms with Crippen LogP contribution < -0.4 is 0 Å². The third kappa shape index (κ3) is 1.97. The highest BCUT2D eigenvalue weighted by Crippen LogP contribution is 2.75. The van der Waals surface area contributed by atoms with Crippen molar-refractivity contribution in [3.63, 3.8) is 0 Å². The van der Waals surface area contributed by atoms with E-state index in [1.54, 1.807) is 0 Å². The second-order valence-corrected chi connectivity index (χ2v) is 10.9.